The van der Waals surface area contributed by atoms with E-state index in [0.717, 1.165) is 36.5 Å². The highest BCUT2D eigenvalue weighted by atomic mass is 35.5. The minimum atomic E-state index is -3.74. The molecule has 1 aromatic carbocycles. The maximum absolute atomic E-state index is 12.7. The van der Waals surface area contributed by atoms with Crippen molar-refractivity contribution in [2.75, 3.05) is 37.8 Å². The largest absolute Gasteiger partial charge is 0.495 e. The maximum Gasteiger partial charge on any atom is 0.243 e. The zero-order valence-corrected chi connectivity index (χ0v) is 17.1. The van der Waals surface area contributed by atoms with Gasteiger partial charge in [-0.1, -0.05) is 11.6 Å². The zero-order valence-electron chi connectivity index (χ0n) is 15.5. The fraction of sp³-hybridized carbons (Fsp3) is 0.588. The van der Waals surface area contributed by atoms with Gasteiger partial charge in [0.1, 0.15) is 11.8 Å². The first-order chi connectivity index (χ1) is 12.1. The van der Waals surface area contributed by atoms with Crippen molar-refractivity contribution in [3.63, 3.8) is 0 Å². The number of amides is 1. The van der Waals surface area contributed by atoms with Gasteiger partial charge >= 0.3 is 0 Å². The summed E-state index contributed by atoms with van der Waals surface area (Å²) in [6.45, 7) is 3.36. The number of nitrogens with zero attached hydrogens (tertiary/aromatic N) is 2. The Morgan fingerprint density at radius 1 is 1.38 bits per heavy atom. The topological polar surface area (TPSA) is 79.0 Å². The molecule has 1 N–H and O–H groups in total. The lowest BCUT2D eigenvalue weighted by molar-refractivity contribution is -0.122. The molecule has 2 rings (SSSR count). The first kappa shape index (κ1) is 20.8. The lowest BCUT2D eigenvalue weighted by Gasteiger charge is -2.33. The second kappa shape index (κ2) is 8.45. The number of ether oxygens (including phenoxy) is 1. The average Bonchev–Trinajstić information content (AvgIpc) is 2.56. The summed E-state index contributed by atoms with van der Waals surface area (Å²) in [6.07, 6.45) is 2.75. The van der Waals surface area contributed by atoms with Gasteiger partial charge in [0.2, 0.25) is 15.9 Å². The summed E-state index contributed by atoms with van der Waals surface area (Å²) >= 11 is 6.04. The van der Waals surface area contributed by atoms with E-state index in [1.165, 1.54) is 13.2 Å². The summed E-state index contributed by atoms with van der Waals surface area (Å²) in [6, 6.07) is 3.78. The molecule has 0 saturated carbocycles. The van der Waals surface area contributed by atoms with Crippen molar-refractivity contribution in [3.05, 3.63) is 23.2 Å². The first-order valence-electron chi connectivity index (χ1n) is 8.45. The number of hydrogen-bond acceptors (Lipinski definition) is 5. The number of rotatable bonds is 6. The van der Waals surface area contributed by atoms with Crippen molar-refractivity contribution >= 4 is 33.2 Å². The number of hydrogen-bond donors (Lipinski definition) is 1. The number of likely N-dealkylation sites (tertiary alicyclic amines) is 1. The van der Waals surface area contributed by atoms with Crippen LogP contribution in [-0.2, 0) is 14.8 Å². The van der Waals surface area contributed by atoms with Crippen LogP contribution in [0.25, 0.3) is 0 Å². The molecule has 146 valence electrons. The van der Waals surface area contributed by atoms with Crippen LogP contribution in [0.2, 0.25) is 5.02 Å². The SMILES string of the molecule is COc1ccc(Cl)cc1N([C@H](C)C(=O)NC1CCN(C)CC1)S(C)(=O)=O. The van der Waals surface area contributed by atoms with E-state index in [1.54, 1.807) is 19.1 Å². The molecule has 0 aliphatic carbocycles. The quantitative estimate of drug-likeness (QED) is 0.782. The molecule has 1 heterocycles. The molecule has 9 heteroatoms. The van der Waals surface area contributed by atoms with Crippen molar-refractivity contribution in [1.29, 1.82) is 0 Å². The number of halogens is 1. The Kier molecular flexibility index (Phi) is 6.76. The summed E-state index contributed by atoms with van der Waals surface area (Å²) in [5.41, 5.74) is 0.244. The van der Waals surface area contributed by atoms with Crippen molar-refractivity contribution in [2.24, 2.45) is 0 Å². The fourth-order valence-electron chi connectivity index (χ4n) is 3.09. The second-order valence-electron chi connectivity index (χ2n) is 6.64. The lowest BCUT2D eigenvalue weighted by atomic mass is 10.1. The van der Waals surface area contributed by atoms with Crippen LogP contribution in [0.15, 0.2) is 18.2 Å². The van der Waals surface area contributed by atoms with Gasteiger partial charge in [0, 0.05) is 11.1 Å². The summed E-state index contributed by atoms with van der Waals surface area (Å²) in [5, 5.41) is 3.33. The Balaban J connectivity index is 2.27. The molecular formula is C17H26ClN3O4S. The van der Waals surface area contributed by atoms with Crippen LogP contribution in [0.5, 0.6) is 5.75 Å². The second-order valence-corrected chi connectivity index (χ2v) is 8.93. The molecule has 1 aliphatic rings. The van der Waals surface area contributed by atoms with Crippen LogP contribution < -0.4 is 14.4 Å². The smallest absolute Gasteiger partial charge is 0.243 e. The molecule has 1 aromatic rings. The van der Waals surface area contributed by atoms with E-state index in [4.69, 9.17) is 16.3 Å². The molecule has 0 aromatic heterocycles. The molecule has 7 nitrogen and oxygen atoms in total. The van der Waals surface area contributed by atoms with Gasteiger partial charge in [0.15, 0.2) is 0 Å². The van der Waals surface area contributed by atoms with E-state index in [2.05, 4.69) is 10.2 Å². The number of piperidine rings is 1. The Morgan fingerprint density at radius 3 is 2.54 bits per heavy atom. The lowest BCUT2D eigenvalue weighted by Crippen LogP contribution is -2.52. The molecule has 1 atom stereocenters. The number of anilines is 1. The van der Waals surface area contributed by atoms with E-state index in [0.29, 0.717) is 10.8 Å². The van der Waals surface area contributed by atoms with Gasteiger partial charge in [0.05, 0.1) is 19.1 Å². The minimum Gasteiger partial charge on any atom is -0.495 e. The van der Waals surface area contributed by atoms with Gasteiger partial charge in [-0.25, -0.2) is 8.42 Å². The van der Waals surface area contributed by atoms with Crippen molar-refractivity contribution in [1.82, 2.24) is 10.2 Å². The van der Waals surface area contributed by atoms with E-state index < -0.39 is 16.1 Å². The highest BCUT2D eigenvalue weighted by Gasteiger charge is 2.32. The molecule has 1 saturated heterocycles. The standard InChI is InChI=1S/C17H26ClN3O4S/c1-12(17(22)19-14-7-9-20(2)10-8-14)21(26(4,23)24)15-11-13(18)5-6-16(15)25-3/h5-6,11-12,14H,7-10H2,1-4H3,(H,19,22)/t12-/m1/s1. The number of carbonyl (C=O) groups excluding carboxylic acids is 1. The number of benzene rings is 1. The van der Waals surface area contributed by atoms with Gasteiger partial charge in [-0.05, 0) is 58.1 Å². The van der Waals surface area contributed by atoms with Gasteiger partial charge in [-0.15, -0.1) is 0 Å². The third kappa shape index (κ3) is 5.02. The summed E-state index contributed by atoms with van der Waals surface area (Å²) in [4.78, 5) is 14.9. The molecule has 26 heavy (non-hydrogen) atoms. The molecule has 1 amide bonds. The van der Waals surface area contributed by atoms with Crippen molar-refractivity contribution in [2.45, 2.75) is 31.8 Å². The van der Waals surface area contributed by atoms with Gasteiger partial charge in [-0.3, -0.25) is 9.10 Å². The number of sulfonamides is 1. The number of methoxy groups -OCH3 is 1. The Labute approximate surface area is 160 Å². The molecule has 0 spiro atoms. The van der Waals surface area contributed by atoms with E-state index in [-0.39, 0.29) is 17.6 Å². The third-order valence-corrected chi connectivity index (χ3v) is 5.99. The first-order valence-corrected chi connectivity index (χ1v) is 10.7. The summed E-state index contributed by atoms with van der Waals surface area (Å²) < 4.78 is 31.2. The highest BCUT2D eigenvalue weighted by Crippen LogP contribution is 2.34. The van der Waals surface area contributed by atoms with Crippen molar-refractivity contribution in [3.8, 4) is 5.75 Å². The summed E-state index contributed by atoms with van der Waals surface area (Å²) in [5.74, 6) is -0.00854. The number of nitrogens with one attached hydrogen (secondary N) is 1. The van der Waals surface area contributed by atoms with Gasteiger partial charge in [0.25, 0.3) is 0 Å². The van der Waals surface area contributed by atoms with Crippen LogP contribution in [0.3, 0.4) is 0 Å². The molecular weight excluding hydrogens is 378 g/mol. The van der Waals surface area contributed by atoms with Crippen molar-refractivity contribution < 1.29 is 17.9 Å². The van der Waals surface area contributed by atoms with Crippen LogP contribution in [0.1, 0.15) is 19.8 Å². The zero-order chi connectivity index (χ0) is 19.5. The molecule has 1 fully saturated rings. The predicted molar refractivity (Wildman–Crippen MR) is 103 cm³/mol. The predicted octanol–water partition coefficient (Wildman–Crippen LogP) is 1.71. The normalized spacial score (nSPS) is 17.6. The minimum absolute atomic E-state index is 0.0452. The average molecular weight is 404 g/mol. The van der Waals surface area contributed by atoms with E-state index >= 15 is 0 Å². The summed E-state index contributed by atoms with van der Waals surface area (Å²) in [7, 11) is -0.255. The van der Waals surface area contributed by atoms with Crippen LogP contribution in [0.4, 0.5) is 5.69 Å². The van der Waals surface area contributed by atoms with E-state index in [9.17, 15) is 13.2 Å². The van der Waals surface area contributed by atoms with Crippen LogP contribution in [-0.4, -0.2) is 64.8 Å². The van der Waals surface area contributed by atoms with Crippen LogP contribution >= 0.6 is 11.6 Å². The third-order valence-electron chi connectivity index (χ3n) is 4.53. The molecule has 0 unspecified atom stereocenters. The van der Waals surface area contributed by atoms with Gasteiger partial charge < -0.3 is 15.0 Å². The van der Waals surface area contributed by atoms with Crippen LogP contribution in [0, 0.1) is 0 Å². The molecule has 1 aliphatic heterocycles. The molecule has 0 bridgehead atoms. The molecule has 0 radical (unpaired) electrons. The van der Waals surface area contributed by atoms with Gasteiger partial charge in [-0.2, -0.15) is 0 Å². The van der Waals surface area contributed by atoms with E-state index in [1.807, 2.05) is 7.05 Å². The Morgan fingerprint density at radius 2 is 2.00 bits per heavy atom. The Hall–Kier alpha value is -1.51. The fourth-order valence-corrected chi connectivity index (χ4v) is 4.43. The monoisotopic (exact) mass is 403 g/mol. The maximum atomic E-state index is 12.7. The number of carbonyl (C=O) groups is 1. The highest BCUT2D eigenvalue weighted by molar-refractivity contribution is 7.92. The Bertz CT molecular complexity index is 748.